The van der Waals surface area contributed by atoms with Gasteiger partial charge in [-0.05, 0) is 68.5 Å². The molecule has 1 unspecified atom stereocenters. The predicted octanol–water partition coefficient (Wildman–Crippen LogP) is 6.68. The lowest BCUT2D eigenvalue weighted by Gasteiger charge is -2.57. The number of rotatable bonds is 8. The molecule has 3 aromatic heterocycles. The molecule has 0 spiro atoms. The number of aryl methyl sites for hydroxylation is 1. The number of nitrogens with zero attached hydrogens (tertiary/aromatic N) is 4. The van der Waals surface area contributed by atoms with E-state index in [4.69, 9.17) is 4.74 Å². The summed E-state index contributed by atoms with van der Waals surface area (Å²) >= 11 is 0. The molecule has 2 aliphatic rings. The Kier molecular flexibility index (Phi) is 6.54. The van der Waals surface area contributed by atoms with Crippen molar-refractivity contribution in [3.8, 4) is 16.9 Å². The predicted molar refractivity (Wildman–Crippen MR) is 164 cm³/mol. The van der Waals surface area contributed by atoms with E-state index in [-0.39, 0.29) is 29.5 Å². The van der Waals surface area contributed by atoms with Crippen molar-refractivity contribution >= 4 is 17.2 Å². The highest BCUT2D eigenvalue weighted by Crippen LogP contribution is 2.44. The van der Waals surface area contributed by atoms with Crippen LogP contribution in [0.4, 0.5) is 5.82 Å². The Hall–Kier alpha value is -4.49. The summed E-state index contributed by atoms with van der Waals surface area (Å²) in [5.41, 5.74) is 6.16. The van der Waals surface area contributed by atoms with Crippen molar-refractivity contribution in [2.24, 2.45) is 5.92 Å². The van der Waals surface area contributed by atoms with Gasteiger partial charge in [0.05, 0.1) is 23.3 Å². The number of carbonyl (C=O) groups excluding carboxylic acids is 1. The van der Waals surface area contributed by atoms with Gasteiger partial charge in [0.15, 0.2) is 5.82 Å². The van der Waals surface area contributed by atoms with Crippen LogP contribution in [-0.2, 0) is 4.79 Å². The molecule has 42 heavy (non-hydrogen) atoms. The fourth-order valence-electron chi connectivity index (χ4n) is 5.97. The van der Waals surface area contributed by atoms with Crippen molar-refractivity contribution in [2.45, 2.75) is 51.3 Å². The number of fused-ring (bicyclic) bond motifs is 1. The van der Waals surface area contributed by atoms with Crippen LogP contribution < -0.4 is 10.1 Å². The van der Waals surface area contributed by atoms with Gasteiger partial charge in [0.25, 0.3) is 0 Å². The molecule has 4 heterocycles. The summed E-state index contributed by atoms with van der Waals surface area (Å²) in [4.78, 5) is 19.4. The molecule has 7 heteroatoms. The summed E-state index contributed by atoms with van der Waals surface area (Å²) in [6, 6.07) is 29.6. The summed E-state index contributed by atoms with van der Waals surface area (Å²) in [7, 11) is 0. The molecule has 0 bridgehead atoms. The molecule has 2 fully saturated rings. The number of pyridine rings is 2. The average molecular weight is 558 g/mol. The fraction of sp³-hybridized carbons (Fsp3) is 0.286. The van der Waals surface area contributed by atoms with E-state index in [2.05, 4.69) is 107 Å². The zero-order chi connectivity index (χ0) is 28.8. The van der Waals surface area contributed by atoms with E-state index in [1.54, 1.807) is 4.52 Å². The Balaban J connectivity index is 1.15. The van der Waals surface area contributed by atoms with Gasteiger partial charge in [0.2, 0.25) is 5.91 Å². The lowest BCUT2D eigenvalue weighted by Crippen LogP contribution is -2.70. The molecular formula is C35H35N5O2. The first-order valence-corrected chi connectivity index (χ1v) is 14.7. The molecule has 0 radical (unpaired) electrons. The molecule has 1 amide bonds. The molecule has 1 saturated carbocycles. The van der Waals surface area contributed by atoms with Gasteiger partial charge in [-0.1, -0.05) is 60.7 Å². The molecule has 1 saturated heterocycles. The number of nitrogens with one attached hydrogen (secondary N) is 1. The minimum atomic E-state index is -0.220. The van der Waals surface area contributed by atoms with Crippen LogP contribution in [0.1, 0.15) is 49.6 Å². The number of anilines is 1. The highest BCUT2D eigenvalue weighted by Gasteiger charge is 2.51. The van der Waals surface area contributed by atoms with Gasteiger partial charge >= 0.3 is 0 Å². The van der Waals surface area contributed by atoms with Crippen LogP contribution in [0.2, 0.25) is 0 Å². The first-order valence-electron chi connectivity index (χ1n) is 14.7. The van der Waals surface area contributed by atoms with Gasteiger partial charge in [0.1, 0.15) is 11.9 Å². The van der Waals surface area contributed by atoms with Gasteiger partial charge in [-0.15, -0.1) is 0 Å². The van der Waals surface area contributed by atoms with Crippen LogP contribution in [0, 0.1) is 12.8 Å². The van der Waals surface area contributed by atoms with E-state index in [0.29, 0.717) is 5.82 Å². The number of aromatic nitrogens is 3. The van der Waals surface area contributed by atoms with E-state index < -0.39 is 0 Å². The van der Waals surface area contributed by atoms with Crippen LogP contribution in [0.15, 0.2) is 97.3 Å². The maximum absolute atomic E-state index is 12.3. The molecule has 7 nitrogen and oxygen atoms in total. The van der Waals surface area contributed by atoms with Crippen LogP contribution >= 0.6 is 0 Å². The SMILES string of the molecule is Cc1cc(-c2ccn3nc(NC(=O)C4CC4)cc3c2)c(OC2CN(C(c3ccccc3)c3ccccc3)C2(C)C)cn1. The minimum absolute atomic E-state index is 0.0152. The Morgan fingerprint density at radius 1 is 0.976 bits per heavy atom. The number of amides is 1. The third kappa shape index (κ3) is 4.94. The number of carbonyl (C=O) groups is 1. The van der Waals surface area contributed by atoms with Gasteiger partial charge in [-0.25, -0.2) is 4.52 Å². The molecule has 5 aromatic rings. The first-order chi connectivity index (χ1) is 20.4. The topological polar surface area (TPSA) is 71.8 Å². The van der Waals surface area contributed by atoms with Crippen LogP contribution in [0.3, 0.4) is 0 Å². The zero-order valence-corrected chi connectivity index (χ0v) is 24.2. The number of hydrogen-bond acceptors (Lipinski definition) is 5. The second-order valence-corrected chi connectivity index (χ2v) is 12.0. The largest absolute Gasteiger partial charge is 0.485 e. The lowest BCUT2D eigenvalue weighted by atomic mass is 9.80. The van der Waals surface area contributed by atoms with Gasteiger partial charge in [-0.2, -0.15) is 5.10 Å². The minimum Gasteiger partial charge on any atom is -0.485 e. The number of benzene rings is 2. The molecule has 1 atom stereocenters. The maximum atomic E-state index is 12.3. The van der Waals surface area contributed by atoms with Gasteiger partial charge in [0, 0.05) is 36.0 Å². The maximum Gasteiger partial charge on any atom is 0.228 e. The highest BCUT2D eigenvalue weighted by atomic mass is 16.5. The lowest BCUT2D eigenvalue weighted by molar-refractivity contribution is -0.119. The monoisotopic (exact) mass is 557 g/mol. The molecule has 1 aliphatic carbocycles. The number of likely N-dealkylation sites (tertiary alicyclic amines) is 1. The Bertz CT molecular complexity index is 1700. The summed E-state index contributed by atoms with van der Waals surface area (Å²) in [5, 5.41) is 7.49. The van der Waals surface area contributed by atoms with Crippen LogP contribution in [-0.4, -0.2) is 43.6 Å². The third-order valence-corrected chi connectivity index (χ3v) is 8.68. The highest BCUT2D eigenvalue weighted by molar-refractivity contribution is 5.93. The van der Waals surface area contributed by atoms with E-state index >= 15 is 0 Å². The fourth-order valence-corrected chi connectivity index (χ4v) is 5.97. The summed E-state index contributed by atoms with van der Waals surface area (Å²) in [5.74, 6) is 1.53. The van der Waals surface area contributed by atoms with E-state index in [1.165, 1.54) is 11.1 Å². The standard InChI is InChI=1S/C35H35N5O2/c1-23-18-29(27-16-17-40-28(19-27)20-32(38-40)37-34(41)26-14-15-26)30(21-36-23)42-31-22-39(35(31,2)3)33(24-10-6-4-7-11-24)25-12-8-5-9-13-25/h4-13,16-21,26,31,33H,14-15,22H2,1-3H3,(H,37,38,41). The van der Waals surface area contributed by atoms with Crippen molar-refractivity contribution in [1.29, 1.82) is 0 Å². The molecular weight excluding hydrogens is 522 g/mol. The average Bonchev–Trinajstić information content (AvgIpc) is 3.78. The first kappa shape index (κ1) is 26.4. The van der Waals surface area contributed by atoms with Crippen molar-refractivity contribution in [1.82, 2.24) is 19.5 Å². The Labute approximate surface area is 246 Å². The van der Waals surface area contributed by atoms with Crippen LogP contribution in [0.5, 0.6) is 5.75 Å². The van der Waals surface area contributed by atoms with Gasteiger partial charge in [-0.3, -0.25) is 14.7 Å². The normalized spacial score (nSPS) is 18.1. The third-order valence-electron chi connectivity index (χ3n) is 8.68. The van der Waals surface area contributed by atoms with Crippen molar-refractivity contribution in [3.05, 3.63) is 114 Å². The summed E-state index contributed by atoms with van der Waals surface area (Å²) in [6.07, 6.45) is 5.68. The second kappa shape index (κ2) is 10.4. The molecule has 1 aliphatic heterocycles. The zero-order valence-electron chi connectivity index (χ0n) is 24.2. The van der Waals surface area contributed by atoms with E-state index in [1.807, 2.05) is 31.5 Å². The summed E-state index contributed by atoms with van der Waals surface area (Å²) in [6.45, 7) is 7.31. The van der Waals surface area contributed by atoms with Crippen molar-refractivity contribution in [3.63, 3.8) is 0 Å². The van der Waals surface area contributed by atoms with Gasteiger partial charge < -0.3 is 10.1 Å². The van der Waals surface area contributed by atoms with E-state index in [9.17, 15) is 4.79 Å². The van der Waals surface area contributed by atoms with Crippen molar-refractivity contribution in [2.75, 3.05) is 11.9 Å². The Morgan fingerprint density at radius 3 is 2.31 bits per heavy atom. The quantitative estimate of drug-likeness (QED) is 0.230. The summed E-state index contributed by atoms with van der Waals surface area (Å²) < 4.78 is 8.57. The second-order valence-electron chi connectivity index (χ2n) is 12.0. The smallest absolute Gasteiger partial charge is 0.228 e. The Morgan fingerprint density at radius 2 is 1.67 bits per heavy atom. The molecule has 212 valence electrons. The van der Waals surface area contributed by atoms with E-state index in [0.717, 1.165) is 47.5 Å². The molecule has 2 aromatic carbocycles. The van der Waals surface area contributed by atoms with Crippen LogP contribution in [0.25, 0.3) is 16.6 Å². The number of hydrogen-bond donors (Lipinski definition) is 1. The molecule has 7 rings (SSSR count). The molecule has 1 N–H and O–H groups in total. The number of ether oxygens (including phenoxy) is 1. The van der Waals surface area contributed by atoms with Crippen molar-refractivity contribution < 1.29 is 9.53 Å².